The Bertz CT molecular complexity index is 792. The first-order chi connectivity index (χ1) is 11.7. The van der Waals surface area contributed by atoms with Crippen molar-refractivity contribution in [3.63, 3.8) is 0 Å². The average molecular weight is 366 g/mol. The molecule has 0 radical (unpaired) electrons. The Labute approximate surface area is 147 Å². The molecule has 0 unspecified atom stereocenters. The normalized spacial score (nSPS) is 30.1. The van der Waals surface area contributed by atoms with Gasteiger partial charge in [-0.15, -0.1) is 0 Å². The Morgan fingerprint density at radius 2 is 1.92 bits per heavy atom. The van der Waals surface area contributed by atoms with Crippen LogP contribution in [0.3, 0.4) is 0 Å². The van der Waals surface area contributed by atoms with E-state index in [0.29, 0.717) is 13.0 Å². The standard InChI is InChI=1S/C17H22N2O5S/c1-16(21)8-11-24-17(15(16)20)6-9-19(10-7-17)25(22,23)14-5-3-2-4-13(14)12-18/h2-5,15,20-21H,6-11H2,1H3/t15-,16+/m0/s1. The van der Waals surface area contributed by atoms with E-state index in [1.165, 1.54) is 16.4 Å². The number of piperidine rings is 1. The molecule has 1 spiro atoms. The van der Waals surface area contributed by atoms with Crippen molar-refractivity contribution in [1.29, 1.82) is 5.26 Å². The summed E-state index contributed by atoms with van der Waals surface area (Å²) in [6, 6.07) is 8.02. The van der Waals surface area contributed by atoms with Crippen LogP contribution in [-0.2, 0) is 14.8 Å². The summed E-state index contributed by atoms with van der Waals surface area (Å²) >= 11 is 0. The fourth-order valence-electron chi connectivity index (χ4n) is 3.69. The summed E-state index contributed by atoms with van der Waals surface area (Å²) in [7, 11) is -3.80. The molecule has 0 saturated carbocycles. The molecule has 2 saturated heterocycles. The third-order valence-corrected chi connectivity index (χ3v) is 7.24. The van der Waals surface area contributed by atoms with Crippen LogP contribution in [0.15, 0.2) is 29.2 Å². The number of hydrogen-bond acceptors (Lipinski definition) is 6. The van der Waals surface area contributed by atoms with Crippen molar-refractivity contribution >= 4 is 10.0 Å². The lowest BCUT2D eigenvalue weighted by molar-refractivity contribution is -0.243. The summed E-state index contributed by atoms with van der Waals surface area (Å²) in [6.45, 7) is 2.23. The Morgan fingerprint density at radius 1 is 1.28 bits per heavy atom. The number of nitriles is 1. The van der Waals surface area contributed by atoms with Crippen LogP contribution >= 0.6 is 0 Å². The highest BCUT2D eigenvalue weighted by Gasteiger charge is 2.53. The monoisotopic (exact) mass is 366 g/mol. The van der Waals surface area contributed by atoms with Gasteiger partial charge >= 0.3 is 0 Å². The third kappa shape index (κ3) is 3.07. The second-order valence-electron chi connectivity index (χ2n) is 6.93. The van der Waals surface area contributed by atoms with Gasteiger partial charge in [0.05, 0.1) is 28.3 Å². The molecule has 25 heavy (non-hydrogen) atoms. The largest absolute Gasteiger partial charge is 0.387 e. The van der Waals surface area contributed by atoms with E-state index < -0.39 is 27.3 Å². The zero-order valence-electron chi connectivity index (χ0n) is 14.1. The first-order valence-corrected chi connectivity index (χ1v) is 9.71. The molecule has 2 fully saturated rings. The van der Waals surface area contributed by atoms with E-state index in [1.54, 1.807) is 19.1 Å². The van der Waals surface area contributed by atoms with E-state index in [1.807, 2.05) is 6.07 Å². The van der Waals surface area contributed by atoms with Crippen LogP contribution in [0, 0.1) is 11.3 Å². The predicted octanol–water partition coefficient (Wildman–Crippen LogP) is 0.614. The van der Waals surface area contributed by atoms with Crippen LogP contribution in [-0.4, -0.2) is 59.9 Å². The molecule has 0 aliphatic carbocycles. The molecule has 1 aromatic carbocycles. The molecular weight excluding hydrogens is 344 g/mol. The summed E-state index contributed by atoms with van der Waals surface area (Å²) in [5, 5.41) is 30.0. The van der Waals surface area contributed by atoms with Crippen molar-refractivity contribution < 1.29 is 23.4 Å². The lowest BCUT2D eigenvalue weighted by Crippen LogP contribution is -2.64. The minimum Gasteiger partial charge on any atom is -0.387 e. The Morgan fingerprint density at radius 3 is 2.56 bits per heavy atom. The minimum atomic E-state index is -3.80. The quantitative estimate of drug-likeness (QED) is 0.793. The highest BCUT2D eigenvalue weighted by atomic mass is 32.2. The van der Waals surface area contributed by atoms with Crippen molar-refractivity contribution in [3.8, 4) is 6.07 Å². The molecule has 2 heterocycles. The van der Waals surface area contributed by atoms with Crippen LogP contribution in [0.1, 0.15) is 31.7 Å². The zero-order valence-corrected chi connectivity index (χ0v) is 14.9. The van der Waals surface area contributed by atoms with Gasteiger partial charge in [0.1, 0.15) is 12.2 Å². The van der Waals surface area contributed by atoms with Crippen molar-refractivity contribution in [1.82, 2.24) is 4.31 Å². The van der Waals surface area contributed by atoms with Gasteiger partial charge in [0.15, 0.2) is 0 Å². The number of benzene rings is 1. The zero-order chi connectivity index (χ0) is 18.3. The van der Waals surface area contributed by atoms with Crippen LogP contribution < -0.4 is 0 Å². The summed E-state index contributed by atoms with van der Waals surface area (Å²) in [5.41, 5.74) is -2.06. The topological polar surface area (TPSA) is 111 Å². The van der Waals surface area contributed by atoms with Gasteiger partial charge in [-0.1, -0.05) is 12.1 Å². The number of aliphatic hydroxyl groups is 2. The van der Waals surface area contributed by atoms with Gasteiger partial charge in [-0.25, -0.2) is 8.42 Å². The van der Waals surface area contributed by atoms with Gasteiger partial charge in [-0.2, -0.15) is 9.57 Å². The number of nitrogens with zero attached hydrogens (tertiary/aromatic N) is 2. The maximum Gasteiger partial charge on any atom is 0.244 e. The Balaban J connectivity index is 1.82. The van der Waals surface area contributed by atoms with Gasteiger partial charge in [-0.3, -0.25) is 0 Å². The summed E-state index contributed by atoms with van der Waals surface area (Å²) < 4.78 is 32.8. The molecule has 8 heteroatoms. The maximum absolute atomic E-state index is 12.9. The second kappa shape index (κ2) is 6.34. The maximum atomic E-state index is 12.9. The number of rotatable bonds is 2. The molecule has 2 N–H and O–H groups in total. The van der Waals surface area contributed by atoms with E-state index >= 15 is 0 Å². The van der Waals surface area contributed by atoms with E-state index in [-0.39, 0.29) is 36.4 Å². The predicted molar refractivity (Wildman–Crippen MR) is 89.1 cm³/mol. The van der Waals surface area contributed by atoms with Crippen molar-refractivity contribution in [2.24, 2.45) is 0 Å². The van der Waals surface area contributed by atoms with Crippen molar-refractivity contribution in [3.05, 3.63) is 29.8 Å². The van der Waals surface area contributed by atoms with Crippen molar-refractivity contribution in [2.75, 3.05) is 19.7 Å². The number of aliphatic hydroxyl groups excluding tert-OH is 1. The summed E-state index contributed by atoms with van der Waals surface area (Å²) in [4.78, 5) is -0.00874. The fourth-order valence-corrected chi connectivity index (χ4v) is 5.27. The average Bonchev–Trinajstić information content (AvgIpc) is 2.60. The molecule has 1 aromatic rings. The molecule has 3 rings (SSSR count). The minimum absolute atomic E-state index is 0.00874. The lowest BCUT2D eigenvalue weighted by atomic mass is 9.75. The molecule has 0 amide bonds. The first-order valence-electron chi connectivity index (χ1n) is 8.27. The highest BCUT2D eigenvalue weighted by Crippen LogP contribution is 2.40. The van der Waals surface area contributed by atoms with E-state index in [2.05, 4.69) is 0 Å². The molecule has 2 aliphatic rings. The van der Waals surface area contributed by atoms with Crippen LogP contribution in [0.4, 0.5) is 0 Å². The first kappa shape index (κ1) is 18.3. The highest BCUT2D eigenvalue weighted by molar-refractivity contribution is 7.89. The van der Waals surface area contributed by atoms with E-state index in [9.17, 15) is 18.6 Å². The van der Waals surface area contributed by atoms with E-state index in [0.717, 1.165) is 0 Å². The van der Waals surface area contributed by atoms with Gasteiger partial charge in [0.2, 0.25) is 10.0 Å². The van der Waals surface area contributed by atoms with E-state index in [4.69, 9.17) is 10.00 Å². The molecule has 7 nitrogen and oxygen atoms in total. The summed E-state index contributed by atoms with van der Waals surface area (Å²) in [5.74, 6) is 0. The smallest absolute Gasteiger partial charge is 0.244 e. The lowest BCUT2D eigenvalue weighted by Gasteiger charge is -2.51. The molecule has 0 bridgehead atoms. The third-order valence-electron chi connectivity index (χ3n) is 5.28. The fraction of sp³-hybridized carbons (Fsp3) is 0.588. The molecule has 0 aromatic heterocycles. The van der Waals surface area contributed by atoms with Crippen LogP contribution in [0.2, 0.25) is 0 Å². The Kier molecular flexibility index (Phi) is 4.64. The van der Waals surface area contributed by atoms with Crippen LogP contribution in [0.5, 0.6) is 0 Å². The Hall–Kier alpha value is -1.50. The molecule has 136 valence electrons. The molecular formula is C17H22N2O5S. The van der Waals surface area contributed by atoms with Gasteiger partial charge < -0.3 is 14.9 Å². The van der Waals surface area contributed by atoms with Gasteiger partial charge in [0.25, 0.3) is 0 Å². The molecule has 2 atom stereocenters. The molecule has 2 aliphatic heterocycles. The number of ether oxygens (including phenoxy) is 1. The van der Waals surface area contributed by atoms with Crippen LogP contribution in [0.25, 0.3) is 0 Å². The second-order valence-corrected chi connectivity index (χ2v) is 8.84. The van der Waals surface area contributed by atoms with Gasteiger partial charge in [0, 0.05) is 19.5 Å². The number of sulfonamides is 1. The number of hydrogen-bond donors (Lipinski definition) is 2. The summed E-state index contributed by atoms with van der Waals surface area (Å²) in [6.07, 6.45) is -0.144. The SMILES string of the molecule is C[C@@]1(O)CCOC2(CCN(S(=O)(=O)c3ccccc3C#N)CC2)[C@H]1O. The van der Waals surface area contributed by atoms with Crippen molar-refractivity contribution in [2.45, 2.75) is 48.4 Å². The van der Waals surface area contributed by atoms with Gasteiger partial charge in [-0.05, 0) is 31.9 Å².